The monoisotopic (exact) mass is 280 g/mol. The van der Waals surface area contributed by atoms with Crippen LogP contribution in [-0.4, -0.2) is 41.7 Å². The van der Waals surface area contributed by atoms with Crippen molar-refractivity contribution in [2.75, 3.05) is 25.0 Å². The van der Waals surface area contributed by atoms with Crippen molar-refractivity contribution >= 4 is 11.6 Å². The number of aliphatic hydroxyl groups excluding tert-OH is 1. The Labute approximate surface area is 118 Å². The molecular formula is C15H21FN2O2. The zero-order valence-corrected chi connectivity index (χ0v) is 11.7. The molecule has 2 atom stereocenters. The highest BCUT2D eigenvalue weighted by Gasteiger charge is 2.27. The Morgan fingerprint density at radius 1 is 1.60 bits per heavy atom. The number of nitrogens with zero attached hydrogens (tertiary/aromatic N) is 1. The molecule has 1 fully saturated rings. The zero-order valence-electron chi connectivity index (χ0n) is 11.7. The van der Waals surface area contributed by atoms with E-state index >= 15 is 0 Å². The van der Waals surface area contributed by atoms with E-state index in [1.807, 2.05) is 6.92 Å². The van der Waals surface area contributed by atoms with Gasteiger partial charge in [0.05, 0.1) is 6.04 Å². The molecule has 2 N–H and O–H groups in total. The minimum absolute atomic E-state index is 0.144. The molecule has 4 nitrogen and oxygen atoms in total. The fourth-order valence-corrected chi connectivity index (χ4v) is 2.58. The second-order valence-corrected chi connectivity index (χ2v) is 5.36. The van der Waals surface area contributed by atoms with Gasteiger partial charge >= 0.3 is 0 Å². The minimum Gasteiger partial charge on any atom is -0.396 e. The summed E-state index contributed by atoms with van der Waals surface area (Å²) in [6, 6.07) is 5.60. The number of anilines is 1. The molecule has 1 saturated heterocycles. The fraction of sp³-hybridized carbons (Fsp3) is 0.533. The molecule has 1 aromatic carbocycles. The van der Waals surface area contributed by atoms with Crippen molar-refractivity contribution < 1.29 is 14.3 Å². The van der Waals surface area contributed by atoms with Gasteiger partial charge in [-0.2, -0.15) is 0 Å². The first-order valence-electron chi connectivity index (χ1n) is 7.01. The van der Waals surface area contributed by atoms with Crippen molar-refractivity contribution in [3.05, 3.63) is 30.1 Å². The molecule has 0 bridgehead atoms. The van der Waals surface area contributed by atoms with Crippen molar-refractivity contribution in [3.63, 3.8) is 0 Å². The number of hydrogen-bond acceptors (Lipinski definition) is 3. The van der Waals surface area contributed by atoms with E-state index in [1.165, 1.54) is 12.1 Å². The predicted octanol–water partition coefficient (Wildman–Crippen LogP) is 1.86. The first-order valence-corrected chi connectivity index (χ1v) is 7.01. The molecule has 0 aromatic heterocycles. The Balaban J connectivity index is 1.94. The molecule has 1 heterocycles. The van der Waals surface area contributed by atoms with Gasteiger partial charge in [0.1, 0.15) is 5.82 Å². The van der Waals surface area contributed by atoms with Gasteiger partial charge in [0.25, 0.3) is 0 Å². The van der Waals surface area contributed by atoms with E-state index in [2.05, 4.69) is 10.2 Å². The predicted molar refractivity (Wildman–Crippen MR) is 75.9 cm³/mol. The van der Waals surface area contributed by atoms with Gasteiger partial charge in [-0.1, -0.05) is 6.07 Å². The first-order chi connectivity index (χ1) is 9.60. The highest BCUT2D eigenvalue weighted by molar-refractivity contribution is 5.94. The van der Waals surface area contributed by atoms with Crippen LogP contribution >= 0.6 is 0 Å². The quantitative estimate of drug-likeness (QED) is 0.885. The lowest BCUT2D eigenvalue weighted by molar-refractivity contribution is -0.121. The van der Waals surface area contributed by atoms with Gasteiger partial charge in [-0.05, 0) is 50.4 Å². The summed E-state index contributed by atoms with van der Waals surface area (Å²) in [5.41, 5.74) is 0.470. The second kappa shape index (κ2) is 6.81. The van der Waals surface area contributed by atoms with Gasteiger partial charge in [0, 0.05) is 18.8 Å². The molecule has 1 amide bonds. The minimum atomic E-state index is -0.367. The highest BCUT2D eigenvalue weighted by Crippen LogP contribution is 2.19. The molecule has 2 unspecified atom stereocenters. The standard InChI is InChI=1S/C15H21FN2O2/c1-11(18-7-3-4-12(9-18)10-19)15(20)17-14-6-2-5-13(16)8-14/h2,5-6,8,11-12,19H,3-4,7,9-10H2,1H3,(H,17,20). The van der Waals surface area contributed by atoms with Crippen molar-refractivity contribution in [1.29, 1.82) is 0 Å². The number of hydrogen-bond donors (Lipinski definition) is 2. The van der Waals surface area contributed by atoms with Gasteiger partial charge in [-0.15, -0.1) is 0 Å². The third-order valence-corrected chi connectivity index (χ3v) is 3.83. The topological polar surface area (TPSA) is 52.6 Å². The average molecular weight is 280 g/mol. The van der Waals surface area contributed by atoms with Crippen molar-refractivity contribution in [1.82, 2.24) is 4.90 Å². The smallest absolute Gasteiger partial charge is 0.241 e. The third-order valence-electron chi connectivity index (χ3n) is 3.83. The van der Waals surface area contributed by atoms with E-state index in [-0.39, 0.29) is 30.3 Å². The van der Waals surface area contributed by atoms with Gasteiger partial charge in [0.2, 0.25) is 5.91 Å². The van der Waals surface area contributed by atoms with Crippen LogP contribution in [0.25, 0.3) is 0 Å². The van der Waals surface area contributed by atoms with Crippen LogP contribution in [0.4, 0.5) is 10.1 Å². The Bertz CT molecular complexity index is 467. The van der Waals surface area contributed by atoms with Crippen molar-refractivity contribution in [2.24, 2.45) is 5.92 Å². The number of piperidine rings is 1. The maximum absolute atomic E-state index is 13.1. The highest BCUT2D eigenvalue weighted by atomic mass is 19.1. The zero-order chi connectivity index (χ0) is 14.5. The maximum atomic E-state index is 13.1. The van der Waals surface area contributed by atoms with Crippen LogP contribution in [0.1, 0.15) is 19.8 Å². The van der Waals surface area contributed by atoms with Crippen LogP contribution in [0.15, 0.2) is 24.3 Å². The lowest BCUT2D eigenvalue weighted by atomic mass is 9.97. The van der Waals surface area contributed by atoms with E-state index in [4.69, 9.17) is 0 Å². The van der Waals surface area contributed by atoms with Gasteiger partial charge in [0.15, 0.2) is 0 Å². The number of amides is 1. The normalized spacial score (nSPS) is 21.4. The van der Waals surface area contributed by atoms with Crippen molar-refractivity contribution in [2.45, 2.75) is 25.8 Å². The van der Waals surface area contributed by atoms with E-state index in [1.54, 1.807) is 12.1 Å². The van der Waals surface area contributed by atoms with Gasteiger partial charge in [-0.3, -0.25) is 9.69 Å². The summed E-state index contributed by atoms with van der Waals surface area (Å²) in [6.45, 7) is 3.59. The van der Waals surface area contributed by atoms with Crippen LogP contribution in [0.3, 0.4) is 0 Å². The Kier molecular flexibility index (Phi) is 5.09. The lowest BCUT2D eigenvalue weighted by Crippen LogP contribution is -2.47. The number of likely N-dealkylation sites (tertiary alicyclic amines) is 1. The average Bonchev–Trinajstić information content (AvgIpc) is 2.46. The summed E-state index contributed by atoms with van der Waals surface area (Å²) in [5, 5.41) is 12.0. The van der Waals surface area contributed by atoms with E-state index in [9.17, 15) is 14.3 Å². The number of rotatable bonds is 4. The van der Waals surface area contributed by atoms with E-state index < -0.39 is 0 Å². The summed E-state index contributed by atoms with van der Waals surface area (Å²) in [7, 11) is 0. The largest absolute Gasteiger partial charge is 0.396 e. The summed E-state index contributed by atoms with van der Waals surface area (Å²) < 4.78 is 13.1. The second-order valence-electron chi connectivity index (χ2n) is 5.36. The molecule has 0 spiro atoms. The fourth-order valence-electron chi connectivity index (χ4n) is 2.58. The first kappa shape index (κ1) is 14.9. The van der Waals surface area contributed by atoms with E-state index in [0.717, 1.165) is 25.9 Å². The van der Waals surface area contributed by atoms with Gasteiger partial charge < -0.3 is 10.4 Å². The molecule has 0 aliphatic carbocycles. The summed E-state index contributed by atoms with van der Waals surface area (Å²) in [6.07, 6.45) is 1.99. The van der Waals surface area contributed by atoms with Crippen molar-refractivity contribution in [3.8, 4) is 0 Å². The summed E-state index contributed by atoms with van der Waals surface area (Å²) >= 11 is 0. The molecule has 20 heavy (non-hydrogen) atoms. The molecule has 0 saturated carbocycles. The van der Waals surface area contributed by atoms with Crippen LogP contribution < -0.4 is 5.32 Å². The molecule has 1 aliphatic heterocycles. The number of carbonyl (C=O) groups excluding carboxylic acids is 1. The Hall–Kier alpha value is -1.46. The summed E-state index contributed by atoms with van der Waals surface area (Å²) in [4.78, 5) is 14.2. The van der Waals surface area contributed by atoms with Crippen LogP contribution in [0, 0.1) is 11.7 Å². The van der Waals surface area contributed by atoms with Crippen LogP contribution in [0.5, 0.6) is 0 Å². The number of aliphatic hydroxyl groups is 1. The lowest BCUT2D eigenvalue weighted by Gasteiger charge is -2.35. The molecule has 110 valence electrons. The Morgan fingerprint density at radius 3 is 3.10 bits per heavy atom. The van der Waals surface area contributed by atoms with E-state index in [0.29, 0.717) is 5.69 Å². The van der Waals surface area contributed by atoms with Gasteiger partial charge in [-0.25, -0.2) is 4.39 Å². The van der Waals surface area contributed by atoms with Crippen LogP contribution in [-0.2, 0) is 4.79 Å². The molecule has 2 rings (SSSR count). The summed E-state index contributed by atoms with van der Waals surface area (Å²) in [5.74, 6) is -0.267. The SMILES string of the molecule is CC(C(=O)Nc1cccc(F)c1)N1CCCC(CO)C1. The Morgan fingerprint density at radius 2 is 2.40 bits per heavy atom. The third kappa shape index (κ3) is 3.77. The number of nitrogens with one attached hydrogen (secondary N) is 1. The maximum Gasteiger partial charge on any atom is 0.241 e. The molecule has 1 aliphatic rings. The number of carbonyl (C=O) groups is 1. The number of halogens is 1. The van der Waals surface area contributed by atoms with Crippen LogP contribution in [0.2, 0.25) is 0 Å². The number of benzene rings is 1. The molecule has 1 aromatic rings. The molecule has 5 heteroatoms. The molecular weight excluding hydrogens is 259 g/mol. The molecule has 0 radical (unpaired) electrons.